The SMILES string of the molecule is NC(=O)N/N=C\c1cc(-c2ccccc2)n(-c2ccc(Cl)cc2)c1-c1ccccc1. The number of carbonyl (C=O) groups is 1. The van der Waals surface area contributed by atoms with Gasteiger partial charge in [-0.15, -0.1) is 0 Å². The number of amides is 2. The van der Waals surface area contributed by atoms with Crippen LogP contribution in [-0.4, -0.2) is 16.8 Å². The number of nitrogens with two attached hydrogens (primary N) is 1. The Morgan fingerprint density at radius 1 is 0.900 bits per heavy atom. The summed E-state index contributed by atoms with van der Waals surface area (Å²) in [5, 5.41) is 4.67. The molecule has 0 aliphatic heterocycles. The number of aromatic nitrogens is 1. The molecule has 2 amide bonds. The predicted octanol–water partition coefficient (Wildman–Crippen LogP) is 5.47. The molecule has 4 aromatic rings. The first-order valence-electron chi connectivity index (χ1n) is 9.34. The third-order valence-electron chi connectivity index (χ3n) is 4.61. The van der Waals surface area contributed by atoms with Crippen molar-refractivity contribution in [1.29, 1.82) is 0 Å². The Kier molecular flexibility index (Phi) is 5.63. The topological polar surface area (TPSA) is 72.4 Å². The van der Waals surface area contributed by atoms with Gasteiger partial charge in [0.15, 0.2) is 0 Å². The van der Waals surface area contributed by atoms with Gasteiger partial charge in [-0.05, 0) is 41.5 Å². The van der Waals surface area contributed by atoms with Crippen LogP contribution < -0.4 is 11.2 Å². The molecule has 0 aliphatic rings. The molecule has 1 heterocycles. The van der Waals surface area contributed by atoms with Crippen LogP contribution >= 0.6 is 11.6 Å². The molecule has 0 spiro atoms. The minimum absolute atomic E-state index is 0.667. The number of nitrogens with zero attached hydrogens (tertiary/aromatic N) is 2. The highest BCUT2D eigenvalue weighted by atomic mass is 35.5. The maximum Gasteiger partial charge on any atom is 0.332 e. The molecule has 0 aliphatic carbocycles. The average Bonchev–Trinajstić information content (AvgIpc) is 3.15. The second-order valence-corrected chi connectivity index (χ2v) is 7.05. The highest BCUT2D eigenvalue weighted by Gasteiger charge is 2.18. The Morgan fingerprint density at radius 3 is 2.10 bits per heavy atom. The smallest absolute Gasteiger partial charge is 0.332 e. The van der Waals surface area contributed by atoms with Gasteiger partial charge in [0.1, 0.15) is 0 Å². The van der Waals surface area contributed by atoms with E-state index in [1.807, 2.05) is 78.9 Å². The Hall–Kier alpha value is -3.83. The van der Waals surface area contributed by atoms with Crippen LogP contribution in [0.1, 0.15) is 5.56 Å². The summed E-state index contributed by atoms with van der Waals surface area (Å²) >= 11 is 6.13. The average molecular weight is 415 g/mol. The molecule has 5 nitrogen and oxygen atoms in total. The summed E-state index contributed by atoms with van der Waals surface area (Å²) in [5.41, 5.74) is 13.2. The molecule has 0 atom stereocenters. The summed E-state index contributed by atoms with van der Waals surface area (Å²) in [7, 11) is 0. The molecule has 148 valence electrons. The van der Waals surface area contributed by atoms with E-state index in [1.165, 1.54) is 0 Å². The van der Waals surface area contributed by atoms with Crippen molar-refractivity contribution in [1.82, 2.24) is 9.99 Å². The standard InChI is InChI=1S/C24H19ClN4O/c25-20-11-13-21(14-12-20)29-22(17-7-3-1-4-8-17)15-19(16-27-28-24(26)30)23(29)18-9-5-2-6-10-18/h1-16H,(H3,26,28,30)/b27-16-. The molecule has 0 fully saturated rings. The quantitative estimate of drug-likeness (QED) is 0.330. The van der Waals surface area contributed by atoms with Crippen molar-refractivity contribution in [3.8, 4) is 28.2 Å². The molecule has 6 heteroatoms. The Morgan fingerprint density at radius 2 is 1.50 bits per heavy atom. The summed E-state index contributed by atoms with van der Waals surface area (Å²) in [4.78, 5) is 11.1. The number of primary amides is 1. The molecule has 0 saturated carbocycles. The molecular formula is C24H19ClN4O. The molecule has 30 heavy (non-hydrogen) atoms. The van der Waals surface area contributed by atoms with Crippen LogP contribution in [0.4, 0.5) is 4.79 Å². The van der Waals surface area contributed by atoms with Gasteiger partial charge in [0.2, 0.25) is 0 Å². The summed E-state index contributed by atoms with van der Waals surface area (Å²) in [6.07, 6.45) is 1.60. The van der Waals surface area contributed by atoms with Gasteiger partial charge in [0.05, 0.1) is 17.6 Å². The van der Waals surface area contributed by atoms with Gasteiger partial charge in [-0.2, -0.15) is 5.10 Å². The molecule has 1 aromatic heterocycles. The fraction of sp³-hybridized carbons (Fsp3) is 0. The third-order valence-corrected chi connectivity index (χ3v) is 4.86. The predicted molar refractivity (Wildman–Crippen MR) is 122 cm³/mol. The van der Waals surface area contributed by atoms with Crippen LogP contribution in [0.2, 0.25) is 5.02 Å². The van der Waals surface area contributed by atoms with Crippen LogP contribution in [0.5, 0.6) is 0 Å². The van der Waals surface area contributed by atoms with E-state index < -0.39 is 6.03 Å². The number of halogens is 1. The molecule has 0 radical (unpaired) electrons. The molecule has 0 bridgehead atoms. The largest absolute Gasteiger partial charge is 0.350 e. The van der Waals surface area contributed by atoms with Crippen molar-refractivity contribution in [3.05, 3.63) is 102 Å². The maximum atomic E-state index is 11.1. The van der Waals surface area contributed by atoms with Crippen molar-refractivity contribution >= 4 is 23.8 Å². The molecule has 0 saturated heterocycles. The lowest BCUT2D eigenvalue weighted by atomic mass is 10.1. The molecule has 3 N–H and O–H groups in total. The fourth-order valence-electron chi connectivity index (χ4n) is 3.37. The molecule has 0 unspecified atom stereocenters. The Bertz CT molecular complexity index is 1180. The number of carbonyl (C=O) groups excluding carboxylic acids is 1. The van der Waals surface area contributed by atoms with Crippen LogP contribution in [0, 0.1) is 0 Å². The molecular weight excluding hydrogens is 396 g/mol. The fourth-order valence-corrected chi connectivity index (χ4v) is 3.49. The molecule has 4 rings (SSSR count). The number of urea groups is 1. The first kappa shape index (κ1) is 19.5. The summed E-state index contributed by atoms with van der Waals surface area (Å²) in [6.45, 7) is 0. The van der Waals surface area contributed by atoms with E-state index in [2.05, 4.69) is 27.2 Å². The highest BCUT2D eigenvalue weighted by molar-refractivity contribution is 6.30. The van der Waals surface area contributed by atoms with Crippen LogP contribution in [0.15, 0.2) is 96.1 Å². The van der Waals surface area contributed by atoms with Crippen molar-refractivity contribution in [2.24, 2.45) is 10.8 Å². The maximum absolute atomic E-state index is 11.1. The van der Waals surface area contributed by atoms with E-state index in [0.717, 1.165) is 33.8 Å². The lowest BCUT2D eigenvalue weighted by Gasteiger charge is -2.15. The number of rotatable bonds is 5. The van der Waals surface area contributed by atoms with E-state index >= 15 is 0 Å². The van der Waals surface area contributed by atoms with Gasteiger partial charge in [0, 0.05) is 16.3 Å². The van der Waals surface area contributed by atoms with Crippen molar-refractivity contribution in [3.63, 3.8) is 0 Å². The van der Waals surface area contributed by atoms with Crippen molar-refractivity contribution in [2.75, 3.05) is 0 Å². The number of hydrazone groups is 1. The summed E-state index contributed by atoms with van der Waals surface area (Å²) in [5.74, 6) is 0. The van der Waals surface area contributed by atoms with Crippen LogP contribution in [0.3, 0.4) is 0 Å². The van der Waals surface area contributed by atoms with Gasteiger partial charge < -0.3 is 10.3 Å². The second kappa shape index (κ2) is 8.68. The third kappa shape index (κ3) is 4.11. The van der Waals surface area contributed by atoms with E-state index in [0.29, 0.717) is 5.02 Å². The zero-order chi connectivity index (χ0) is 20.9. The zero-order valence-corrected chi connectivity index (χ0v) is 16.8. The lowest BCUT2D eigenvalue weighted by molar-refractivity contribution is 0.249. The number of hydrogen-bond donors (Lipinski definition) is 2. The van der Waals surface area contributed by atoms with Crippen LogP contribution in [0.25, 0.3) is 28.2 Å². The number of nitrogens with one attached hydrogen (secondary N) is 1. The second-order valence-electron chi connectivity index (χ2n) is 6.61. The first-order valence-corrected chi connectivity index (χ1v) is 9.72. The Labute approximate surface area is 179 Å². The zero-order valence-electron chi connectivity index (χ0n) is 16.0. The van der Waals surface area contributed by atoms with E-state index in [9.17, 15) is 4.79 Å². The van der Waals surface area contributed by atoms with Crippen molar-refractivity contribution < 1.29 is 4.79 Å². The first-order chi connectivity index (χ1) is 14.6. The Balaban J connectivity index is 2.00. The lowest BCUT2D eigenvalue weighted by Crippen LogP contribution is -2.24. The normalized spacial score (nSPS) is 11.0. The van der Waals surface area contributed by atoms with Gasteiger partial charge in [0.25, 0.3) is 0 Å². The highest BCUT2D eigenvalue weighted by Crippen LogP contribution is 2.35. The summed E-state index contributed by atoms with van der Waals surface area (Å²) < 4.78 is 2.16. The van der Waals surface area contributed by atoms with Gasteiger partial charge in [-0.25, -0.2) is 10.2 Å². The minimum Gasteiger partial charge on any atom is -0.350 e. The van der Waals surface area contributed by atoms with Gasteiger partial charge in [-0.1, -0.05) is 72.3 Å². The minimum atomic E-state index is -0.715. The van der Waals surface area contributed by atoms with E-state index in [4.69, 9.17) is 17.3 Å². The van der Waals surface area contributed by atoms with E-state index in [-0.39, 0.29) is 0 Å². The summed E-state index contributed by atoms with van der Waals surface area (Å²) in [6, 6.07) is 29.1. The monoisotopic (exact) mass is 414 g/mol. The van der Waals surface area contributed by atoms with Crippen LogP contribution in [-0.2, 0) is 0 Å². The van der Waals surface area contributed by atoms with Crippen molar-refractivity contribution in [2.45, 2.75) is 0 Å². The van der Waals surface area contributed by atoms with Gasteiger partial charge >= 0.3 is 6.03 Å². The number of benzene rings is 3. The van der Waals surface area contributed by atoms with E-state index in [1.54, 1.807) is 6.21 Å². The van der Waals surface area contributed by atoms with Gasteiger partial charge in [-0.3, -0.25) is 0 Å². The number of hydrogen-bond acceptors (Lipinski definition) is 2. The molecule has 3 aromatic carbocycles.